The van der Waals surface area contributed by atoms with Gasteiger partial charge in [0.05, 0.1) is 17.8 Å². The highest BCUT2D eigenvalue weighted by Crippen LogP contribution is 2.33. The van der Waals surface area contributed by atoms with Crippen LogP contribution in [0.1, 0.15) is 22.8 Å². The Morgan fingerprint density at radius 3 is 2.84 bits per heavy atom. The lowest BCUT2D eigenvalue weighted by Gasteiger charge is -2.13. The first-order valence-corrected chi connectivity index (χ1v) is 6.82. The molecule has 1 aromatic heterocycles. The van der Waals surface area contributed by atoms with Crippen molar-refractivity contribution in [3.8, 4) is 0 Å². The Labute approximate surface area is 120 Å². The molecular formula is C14H15BrN2O2. The number of nitrogens with one attached hydrogen (secondary N) is 1. The summed E-state index contributed by atoms with van der Waals surface area (Å²) >= 11 is 3.48. The van der Waals surface area contributed by atoms with Gasteiger partial charge in [0.1, 0.15) is 5.56 Å². The number of rotatable bonds is 3. The quantitative estimate of drug-likeness (QED) is 0.878. The minimum absolute atomic E-state index is 0.345. The molecule has 0 unspecified atom stereocenters. The summed E-state index contributed by atoms with van der Waals surface area (Å²) < 4.78 is 5.96. The first-order chi connectivity index (χ1) is 9.10. The van der Waals surface area contributed by atoms with Crippen molar-refractivity contribution in [2.24, 2.45) is 0 Å². The highest BCUT2D eigenvalue weighted by Gasteiger charge is 2.17. The lowest BCUT2D eigenvalue weighted by molar-refractivity contribution is 0.0527. The first kappa shape index (κ1) is 13.8. The van der Waals surface area contributed by atoms with Gasteiger partial charge in [-0.05, 0) is 41.4 Å². The van der Waals surface area contributed by atoms with Gasteiger partial charge in [0, 0.05) is 23.1 Å². The van der Waals surface area contributed by atoms with E-state index in [-0.39, 0.29) is 5.97 Å². The molecule has 4 nitrogen and oxygen atoms in total. The number of benzene rings is 1. The summed E-state index contributed by atoms with van der Waals surface area (Å²) in [4.78, 5) is 16.3. The lowest BCUT2D eigenvalue weighted by Crippen LogP contribution is -2.09. The number of esters is 1. The molecule has 1 heterocycles. The van der Waals surface area contributed by atoms with Crippen molar-refractivity contribution >= 4 is 38.5 Å². The van der Waals surface area contributed by atoms with Gasteiger partial charge in [-0.25, -0.2) is 4.79 Å². The van der Waals surface area contributed by atoms with Crippen LogP contribution in [0.3, 0.4) is 0 Å². The van der Waals surface area contributed by atoms with Crippen molar-refractivity contribution in [2.45, 2.75) is 13.8 Å². The van der Waals surface area contributed by atoms with Gasteiger partial charge in [0.25, 0.3) is 0 Å². The first-order valence-electron chi connectivity index (χ1n) is 6.02. The SMILES string of the molecule is CCOC(=O)c1cnc2c(Br)ccc(C)c2c1NC. The fourth-order valence-electron chi connectivity index (χ4n) is 2.06. The van der Waals surface area contributed by atoms with Gasteiger partial charge in [0.2, 0.25) is 0 Å². The molecule has 0 fully saturated rings. The largest absolute Gasteiger partial charge is 0.462 e. The lowest BCUT2D eigenvalue weighted by atomic mass is 10.0. The standard InChI is InChI=1S/C14H15BrN2O2/c1-4-19-14(18)9-7-17-13-10(15)6-5-8(2)11(13)12(9)16-3/h5-7H,4H2,1-3H3,(H,16,17). The minimum atomic E-state index is -0.361. The van der Waals surface area contributed by atoms with Crippen LogP contribution in [0.5, 0.6) is 0 Å². The van der Waals surface area contributed by atoms with Crippen molar-refractivity contribution in [3.05, 3.63) is 33.9 Å². The van der Waals surface area contributed by atoms with E-state index in [0.717, 1.165) is 26.6 Å². The van der Waals surface area contributed by atoms with Crippen LogP contribution < -0.4 is 5.32 Å². The van der Waals surface area contributed by atoms with Crippen LogP contribution in [0.4, 0.5) is 5.69 Å². The van der Waals surface area contributed by atoms with Crippen molar-refractivity contribution in [2.75, 3.05) is 19.0 Å². The smallest absolute Gasteiger partial charge is 0.341 e. The molecule has 2 aromatic rings. The van der Waals surface area contributed by atoms with Crippen LogP contribution in [0.15, 0.2) is 22.8 Å². The molecule has 0 saturated carbocycles. The average Bonchev–Trinajstić information content (AvgIpc) is 2.41. The average molecular weight is 323 g/mol. The Balaban J connectivity index is 2.76. The van der Waals surface area contributed by atoms with E-state index >= 15 is 0 Å². The summed E-state index contributed by atoms with van der Waals surface area (Å²) in [5.74, 6) is -0.361. The highest BCUT2D eigenvalue weighted by atomic mass is 79.9. The van der Waals surface area contributed by atoms with Crippen LogP contribution >= 0.6 is 15.9 Å². The van der Waals surface area contributed by atoms with Crippen molar-refractivity contribution in [3.63, 3.8) is 0 Å². The van der Waals surface area contributed by atoms with Crippen LogP contribution in [-0.4, -0.2) is 24.6 Å². The summed E-state index contributed by atoms with van der Waals surface area (Å²) in [6.07, 6.45) is 1.55. The molecule has 0 aliphatic heterocycles. The van der Waals surface area contributed by atoms with Gasteiger partial charge >= 0.3 is 5.97 Å². The Bertz CT molecular complexity index is 641. The number of anilines is 1. The van der Waals surface area contributed by atoms with E-state index in [0.29, 0.717) is 12.2 Å². The molecule has 0 bridgehead atoms. The van der Waals surface area contributed by atoms with Gasteiger partial charge in [0.15, 0.2) is 0 Å². The van der Waals surface area contributed by atoms with E-state index < -0.39 is 0 Å². The molecule has 2 rings (SSSR count). The Morgan fingerprint density at radius 2 is 2.21 bits per heavy atom. The molecule has 100 valence electrons. The summed E-state index contributed by atoms with van der Waals surface area (Å²) in [7, 11) is 1.79. The molecule has 0 aliphatic rings. The number of hydrogen-bond donors (Lipinski definition) is 1. The molecule has 0 aliphatic carbocycles. The molecule has 0 radical (unpaired) electrons. The molecule has 0 spiro atoms. The highest BCUT2D eigenvalue weighted by molar-refractivity contribution is 9.10. The number of aryl methyl sites for hydroxylation is 1. The fraction of sp³-hybridized carbons (Fsp3) is 0.286. The van der Waals surface area contributed by atoms with Gasteiger partial charge in [-0.2, -0.15) is 0 Å². The maximum atomic E-state index is 12.0. The summed E-state index contributed by atoms with van der Waals surface area (Å²) in [6, 6.07) is 3.94. The van der Waals surface area contributed by atoms with Gasteiger partial charge in [-0.3, -0.25) is 4.98 Å². The predicted octanol–water partition coefficient (Wildman–Crippen LogP) is 3.52. The van der Waals surface area contributed by atoms with E-state index in [1.165, 1.54) is 0 Å². The van der Waals surface area contributed by atoms with Gasteiger partial charge < -0.3 is 10.1 Å². The zero-order chi connectivity index (χ0) is 14.0. The number of hydrogen-bond acceptors (Lipinski definition) is 4. The van der Waals surface area contributed by atoms with Gasteiger partial charge in [-0.15, -0.1) is 0 Å². The third-order valence-electron chi connectivity index (χ3n) is 2.92. The third-order valence-corrected chi connectivity index (χ3v) is 3.56. The monoisotopic (exact) mass is 322 g/mol. The summed E-state index contributed by atoms with van der Waals surface area (Å²) in [5.41, 5.74) is 3.10. The second-order valence-corrected chi connectivity index (χ2v) is 4.96. The summed E-state index contributed by atoms with van der Waals surface area (Å²) in [6.45, 7) is 4.12. The summed E-state index contributed by atoms with van der Waals surface area (Å²) in [5, 5.41) is 4.02. The van der Waals surface area contributed by atoms with Crippen LogP contribution in [-0.2, 0) is 4.74 Å². The van der Waals surface area contributed by atoms with Gasteiger partial charge in [-0.1, -0.05) is 6.07 Å². The molecule has 0 atom stereocenters. The number of pyridine rings is 1. The maximum Gasteiger partial charge on any atom is 0.341 e. The molecule has 0 saturated heterocycles. The number of carbonyl (C=O) groups is 1. The van der Waals surface area contributed by atoms with E-state index in [2.05, 4.69) is 26.2 Å². The number of halogens is 1. The van der Waals surface area contributed by atoms with Crippen molar-refractivity contribution in [1.29, 1.82) is 0 Å². The maximum absolute atomic E-state index is 12.0. The predicted molar refractivity (Wildman–Crippen MR) is 79.7 cm³/mol. The van der Waals surface area contributed by atoms with E-state index in [1.807, 2.05) is 19.1 Å². The Kier molecular flexibility index (Phi) is 4.04. The fourth-order valence-corrected chi connectivity index (χ4v) is 2.49. The molecule has 1 N–H and O–H groups in total. The van der Waals surface area contributed by atoms with Crippen molar-refractivity contribution in [1.82, 2.24) is 4.98 Å². The van der Waals surface area contributed by atoms with E-state index in [4.69, 9.17) is 4.74 Å². The number of aromatic nitrogens is 1. The Hall–Kier alpha value is -1.62. The molecular weight excluding hydrogens is 308 g/mol. The second-order valence-electron chi connectivity index (χ2n) is 4.11. The van der Waals surface area contributed by atoms with Crippen LogP contribution in [0.25, 0.3) is 10.9 Å². The topological polar surface area (TPSA) is 51.2 Å². The molecule has 1 aromatic carbocycles. The molecule has 19 heavy (non-hydrogen) atoms. The number of ether oxygens (including phenoxy) is 1. The van der Waals surface area contributed by atoms with Crippen LogP contribution in [0, 0.1) is 6.92 Å². The number of nitrogens with zero attached hydrogens (tertiary/aromatic N) is 1. The third kappa shape index (κ3) is 2.42. The van der Waals surface area contributed by atoms with E-state index in [9.17, 15) is 4.79 Å². The van der Waals surface area contributed by atoms with E-state index in [1.54, 1.807) is 20.2 Å². The minimum Gasteiger partial charge on any atom is -0.462 e. The zero-order valence-corrected chi connectivity index (χ0v) is 12.7. The zero-order valence-electron chi connectivity index (χ0n) is 11.1. The Morgan fingerprint density at radius 1 is 1.47 bits per heavy atom. The molecule has 5 heteroatoms. The second kappa shape index (κ2) is 5.57. The number of carbonyl (C=O) groups excluding carboxylic acids is 1. The van der Waals surface area contributed by atoms with Crippen molar-refractivity contribution < 1.29 is 9.53 Å². The molecule has 0 amide bonds. The normalized spacial score (nSPS) is 10.5. The van der Waals surface area contributed by atoms with Crippen LogP contribution in [0.2, 0.25) is 0 Å². The number of fused-ring (bicyclic) bond motifs is 1.